The van der Waals surface area contributed by atoms with Crippen LogP contribution in [-0.2, 0) is 14.8 Å². The van der Waals surface area contributed by atoms with E-state index in [9.17, 15) is 26.4 Å². The predicted molar refractivity (Wildman–Crippen MR) is 56.1 cm³/mol. The quantitative estimate of drug-likeness (QED) is 0.834. The molecule has 1 unspecified atom stereocenters. The van der Waals surface area contributed by atoms with Gasteiger partial charge in [0, 0.05) is 6.54 Å². The third-order valence-electron chi connectivity index (χ3n) is 3.06. The van der Waals surface area contributed by atoms with Crippen molar-refractivity contribution in [2.45, 2.75) is 38.2 Å². The predicted octanol–water partition coefficient (Wildman–Crippen LogP) is 1.41. The minimum atomic E-state index is -5.61. The number of rotatable bonds is 2. The van der Waals surface area contributed by atoms with E-state index in [0.717, 1.165) is 0 Å². The molecule has 106 valence electrons. The fourth-order valence-electron chi connectivity index (χ4n) is 2.20. The van der Waals surface area contributed by atoms with E-state index in [2.05, 4.69) is 0 Å². The monoisotopic (exact) mass is 289 g/mol. The smallest absolute Gasteiger partial charge is 0.480 e. The van der Waals surface area contributed by atoms with Gasteiger partial charge >= 0.3 is 21.5 Å². The lowest BCUT2D eigenvalue weighted by Crippen LogP contribution is -2.58. The number of carboxylic acid groups (broad SMARTS) is 1. The average Bonchev–Trinajstić information content (AvgIpc) is 2.12. The first-order valence-electron chi connectivity index (χ1n) is 5.22. The number of carbonyl (C=O) groups is 1. The van der Waals surface area contributed by atoms with E-state index in [1.54, 1.807) is 0 Å². The van der Waals surface area contributed by atoms with E-state index < -0.39 is 39.5 Å². The van der Waals surface area contributed by atoms with Crippen molar-refractivity contribution in [2.75, 3.05) is 6.54 Å². The van der Waals surface area contributed by atoms with Crippen LogP contribution in [0.1, 0.15) is 26.7 Å². The Kier molecular flexibility index (Phi) is 3.70. The first-order chi connectivity index (χ1) is 7.91. The highest BCUT2D eigenvalue weighted by molar-refractivity contribution is 7.90. The van der Waals surface area contributed by atoms with Crippen LogP contribution in [-0.4, -0.2) is 41.9 Å². The molecule has 0 amide bonds. The van der Waals surface area contributed by atoms with Crippen molar-refractivity contribution in [3.05, 3.63) is 0 Å². The molecule has 9 heteroatoms. The molecule has 1 fully saturated rings. The second-order valence-corrected chi connectivity index (χ2v) is 6.78. The van der Waals surface area contributed by atoms with Crippen molar-refractivity contribution >= 4 is 16.0 Å². The van der Waals surface area contributed by atoms with Crippen LogP contribution in [0.25, 0.3) is 0 Å². The largest absolute Gasteiger partial charge is 0.511 e. The number of hydrogen-bond donors (Lipinski definition) is 1. The van der Waals surface area contributed by atoms with Crippen LogP contribution in [0.2, 0.25) is 0 Å². The molecule has 1 N–H and O–H groups in total. The average molecular weight is 289 g/mol. The van der Waals surface area contributed by atoms with Crippen molar-refractivity contribution in [1.29, 1.82) is 0 Å². The summed E-state index contributed by atoms with van der Waals surface area (Å²) in [7, 11) is -5.61. The number of aliphatic carboxylic acids is 1. The molecular weight excluding hydrogens is 275 g/mol. The molecule has 0 radical (unpaired) electrons. The van der Waals surface area contributed by atoms with Crippen molar-refractivity contribution in [3.63, 3.8) is 0 Å². The van der Waals surface area contributed by atoms with Crippen LogP contribution in [0, 0.1) is 5.41 Å². The third-order valence-corrected chi connectivity index (χ3v) is 4.66. The van der Waals surface area contributed by atoms with Crippen LogP contribution in [0.15, 0.2) is 0 Å². The Morgan fingerprint density at radius 2 is 1.89 bits per heavy atom. The molecule has 1 aliphatic rings. The summed E-state index contributed by atoms with van der Waals surface area (Å²) in [6, 6.07) is -1.70. The maximum Gasteiger partial charge on any atom is 0.511 e. The van der Waals surface area contributed by atoms with Gasteiger partial charge in [-0.2, -0.15) is 17.5 Å². The molecule has 0 saturated carbocycles. The Morgan fingerprint density at radius 3 is 2.28 bits per heavy atom. The molecule has 0 aliphatic carbocycles. The summed E-state index contributed by atoms with van der Waals surface area (Å²) in [6.07, 6.45) is 0.555. The Bertz CT molecular complexity index is 443. The van der Waals surface area contributed by atoms with E-state index in [0.29, 0.717) is 6.42 Å². The van der Waals surface area contributed by atoms with E-state index in [4.69, 9.17) is 5.11 Å². The van der Waals surface area contributed by atoms with Crippen molar-refractivity contribution in [1.82, 2.24) is 4.31 Å². The Labute approximate surface area is 103 Å². The fourth-order valence-corrected chi connectivity index (χ4v) is 3.48. The van der Waals surface area contributed by atoms with Gasteiger partial charge in [0.05, 0.1) is 0 Å². The summed E-state index contributed by atoms with van der Waals surface area (Å²) >= 11 is 0. The highest BCUT2D eigenvalue weighted by atomic mass is 32.2. The van der Waals surface area contributed by atoms with E-state index >= 15 is 0 Å². The van der Waals surface area contributed by atoms with Gasteiger partial charge in [0.25, 0.3) is 0 Å². The van der Waals surface area contributed by atoms with Gasteiger partial charge in [0.2, 0.25) is 0 Å². The molecule has 18 heavy (non-hydrogen) atoms. The number of alkyl halides is 3. The third kappa shape index (κ3) is 2.46. The van der Waals surface area contributed by atoms with Crippen molar-refractivity contribution in [3.8, 4) is 0 Å². The van der Waals surface area contributed by atoms with Crippen LogP contribution >= 0.6 is 0 Å². The van der Waals surface area contributed by atoms with Crippen LogP contribution < -0.4 is 0 Å². The lowest BCUT2D eigenvalue weighted by Gasteiger charge is -2.42. The number of hydrogen-bond acceptors (Lipinski definition) is 3. The van der Waals surface area contributed by atoms with Gasteiger partial charge in [-0.05, 0) is 18.3 Å². The molecule has 1 rings (SSSR count). The molecule has 0 bridgehead atoms. The van der Waals surface area contributed by atoms with Gasteiger partial charge in [0.1, 0.15) is 6.04 Å². The van der Waals surface area contributed by atoms with Gasteiger partial charge in [0.15, 0.2) is 0 Å². The summed E-state index contributed by atoms with van der Waals surface area (Å²) in [5.74, 6) is -1.56. The maximum atomic E-state index is 12.5. The second-order valence-electron chi connectivity index (χ2n) is 4.89. The van der Waals surface area contributed by atoms with Gasteiger partial charge in [-0.15, -0.1) is 0 Å². The normalized spacial score (nSPS) is 25.9. The van der Waals surface area contributed by atoms with Gasteiger partial charge in [-0.3, -0.25) is 4.79 Å². The summed E-state index contributed by atoms with van der Waals surface area (Å²) in [5.41, 5.74) is -6.52. The SMILES string of the molecule is CC1(C)CCCN(S(=O)(=O)C(F)(F)F)C1C(=O)O. The van der Waals surface area contributed by atoms with E-state index in [-0.39, 0.29) is 10.7 Å². The number of nitrogens with zero attached hydrogens (tertiary/aromatic N) is 1. The van der Waals surface area contributed by atoms with Crippen LogP contribution in [0.5, 0.6) is 0 Å². The molecule has 1 atom stereocenters. The molecule has 0 aromatic rings. The number of sulfonamides is 1. The fraction of sp³-hybridized carbons (Fsp3) is 0.889. The maximum absolute atomic E-state index is 12.5. The van der Waals surface area contributed by atoms with Gasteiger partial charge in [-0.1, -0.05) is 13.8 Å². The summed E-state index contributed by atoms with van der Waals surface area (Å²) in [4.78, 5) is 11.1. The van der Waals surface area contributed by atoms with Crippen molar-refractivity contribution < 1.29 is 31.5 Å². The molecule has 0 aromatic heterocycles. The Balaban J connectivity index is 3.26. The zero-order chi connectivity index (χ0) is 14.4. The minimum absolute atomic E-state index is 0.0544. The van der Waals surface area contributed by atoms with Crippen molar-refractivity contribution in [2.24, 2.45) is 5.41 Å². The lowest BCUT2D eigenvalue weighted by molar-refractivity contribution is -0.147. The molecule has 1 saturated heterocycles. The van der Waals surface area contributed by atoms with Crippen LogP contribution in [0.4, 0.5) is 13.2 Å². The van der Waals surface area contributed by atoms with Crippen LogP contribution in [0.3, 0.4) is 0 Å². The zero-order valence-electron chi connectivity index (χ0n) is 9.86. The first kappa shape index (κ1) is 15.2. The summed E-state index contributed by atoms with van der Waals surface area (Å²) in [5, 5.41) is 9.00. The number of piperidine rings is 1. The number of halogens is 3. The highest BCUT2D eigenvalue weighted by Crippen LogP contribution is 2.40. The molecule has 1 aliphatic heterocycles. The summed E-state index contributed by atoms with van der Waals surface area (Å²) < 4.78 is 60.2. The van der Waals surface area contributed by atoms with E-state index in [1.165, 1.54) is 13.8 Å². The molecule has 0 spiro atoms. The molecular formula is C9H14F3NO4S. The molecule has 0 aromatic carbocycles. The topological polar surface area (TPSA) is 74.7 Å². The van der Waals surface area contributed by atoms with E-state index in [1.807, 2.05) is 0 Å². The molecule has 1 heterocycles. The lowest BCUT2D eigenvalue weighted by atomic mass is 9.77. The standard InChI is InChI=1S/C9H14F3NO4S/c1-8(2)4-3-5-13(6(8)7(14)15)18(16,17)9(10,11)12/h6H,3-5H2,1-2H3,(H,14,15). The Morgan fingerprint density at radius 1 is 1.39 bits per heavy atom. The number of carboxylic acids is 1. The summed E-state index contributed by atoms with van der Waals surface area (Å²) in [6.45, 7) is 2.47. The molecule has 5 nitrogen and oxygen atoms in total. The highest BCUT2D eigenvalue weighted by Gasteiger charge is 2.57. The van der Waals surface area contributed by atoms with Gasteiger partial charge in [-0.25, -0.2) is 8.42 Å². The Hall–Kier alpha value is -0.830. The minimum Gasteiger partial charge on any atom is -0.480 e. The van der Waals surface area contributed by atoms with Gasteiger partial charge < -0.3 is 5.11 Å². The first-order valence-corrected chi connectivity index (χ1v) is 6.66. The zero-order valence-corrected chi connectivity index (χ0v) is 10.7. The second kappa shape index (κ2) is 4.37.